The van der Waals surface area contributed by atoms with Crippen LogP contribution in [0.25, 0.3) is 0 Å². The van der Waals surface area contributed by atoms with Gasteiger partial charge in [-0.15, -0.1) is 10.2 Å². The first-order chi connectivity index (χ1) is 12.0. The van der Waals surface area contributed by atoms with Crippen molar-refractivity contribution in [2.45, 2.75) is 52.5 Å². The van der Waals surface area contributed by atoms with Crippen molar-refractivity contribution < 1.29 is 14.0 Å². The molecule has 0 spiro atoms. The third kappa shape index (κ3) is 6.14. The second-order valence-corrected chi connectivity index (χ2v) is 6.55. The summed E-state index contributed by atoms with van der Waals surface area (Å²) in [6.07, 6.45) is 1.87. The van der Waals surface area contributed by atoms with E-state index in [-0.39, 0.29) is 17.7 Å². The summed E-state index contributed by atoms with van der Waals surface area (Å²) in [4.78, 5) is 24.3. The highest BCUT2D eigenvalue weighted by atomic mass is 16.4. The Bertz CT molecular complexity index is 695. The summed E-state index contributed by atoms with van der Waals surface area (Å²) in [6.45, 7) is 5.86. The molecule has 0 aliphatic carbocycles. The summed E-state index contributed by atoms with van der Waals surface area (Å²) in [6, 6.07) is 8.83. The lowest BCUT2D eigenvalue weighted by atomic mass is 10.0. The van der Waals surface area contributed by atoms with E-state index in [4.69, 9.17) is 4.42 Å². The molecule has 0 aliphatic rings. The number of nitrogens with zero attached hydrogens (tertiary/aromatic N) is 2. The number of ketones is 1. The molecule has 134 valence electrons. The summed E-state index contributed by atoms with van der Waals surface area (Å²) in [7, 11) is 0. The molecule has 0 bridgehead atoms. The zero-order valence-corrected chi connectivity index (χ0v) is 15.0. The maximum absolute atomic E-state index is 12.2. The number of aromatic nitrogens is 2. The Morgan fingerprint density at radius 2 is 1.84 bits per heavy atom. The first-order valence-corrected chi connectivity index (χ1v) is 8.63. The number of hydrogen-bond donors (Lipinski definition) is 1. The minimum atomic E-state index is -0.293. The van der Waals surface area contributed by atoms with Gasteiger partial charge in [0, 0.05) is 25.3 Å². The van der Waals surface area contributed by atoms with Crippen molar-refractivity contribution in [1.82, 2.24) is 15.5 Å². The van der Waals surface area contributed by atoms with Crippen molar-refractivity contribution in [3.8, 4) is 0 Å². The van der Waals surface area contributed by atoms with Gasteiger partial charge in [-0.25, -0.2) is 0 Å². The Kier molecular flexibility index (Phi) is 6.86. The minimum Gasteiger partial charge on any atom is -0.423 e. The fourth-order valence-corrected chi connectivity index (χ4v) is 2.59. The Balaban J connectivity index is 1.83. The molecule has 1 amide bonds. The van der Waals surface area contributed by atoms with Crippen LogP contribution in [0.3, 0.4) is 0 Å². The number of Topliss-reactive ketones (excluding diaryl/α,β-unsaturated/α-hetero) is 1. The minimum absolute atomic E-state index is 0.0552. The van der Waals surface area contributed by atoms with Crippen LogP contribution in [0.1, 0.15) is 67.7 Å². The second kappa shape index (κ2) is 9.11. The van der Waals surface area contributed by atoms with E-state index in [9.17, 15) is 9.59 Å². The van der Waals surface area contributed by atoms with Crippen LogP contribution in [-0.4, -0.2) is 21.9 Å². The van der Waals surface area contributed by atoms with Gasteiger partial charge in [0.15, 0.2) is 5.78 Å². The van der Waals surface area contributed by atoms with Crippen LogP contribution in [0.15, 0.2) is 34.7 Å². The molecular weight excluding hydrogens is 318 g/mol. The number of carbonyl (C=O) groups is 2. The number of benzene rings is 1. The largest absolute Gasteiger partial charge is 0.423 e. The van der Waals surface area contributed by atoms with Crippen LogP contribution in [0.5, 0.6) is 0 Å². The lowest BCUT2D eigenvalue weighted by molar-refractivity contribution is -0.122. The normalized spacial score (nSPS) is 12.2. The fraction of sp³-hybridized carbons (Fsp3) is 0.474. The molecule has 6 heteroatoms. The Morgan fingerprint density at radius 3 is 2.44 bits per heavy atom. The highest BCUT2D eigenvalue weighted by Gasteiger charge is 2.21. The highest BCUT2D eigenvalue weighted by Crippen LogP contribution is 2.20. The predicted octanol–water partition coefficient (Wildman–Crippen LogP) is 3.63. The van der Waals surface area contributed by atoms with E-state index in [1.54, 1.807) is 19.1 Å². The molecule has 25 heavy (non-hydrogen) atoms. The third-order valence-corrected chi connectivity index (χ3v) is 3.79. The summed E-state index contributed by atoms with van der Waals surface area (Å²) in [5, 5.41) is 10.8. The van der Waals surface area contributed by atoms with Gasteiger partial charge in [-0.3, -0.25) is 9.59 Å². The van der Waals surface area contributed by atoms with Crippen LogP contribution >= 0.6 is 0 Å². The molecule has 1 unspecified atom stereocenters. The zero-order chi connectivity index (χ0) is 18.2. The van der Waals surface area contributed by atoms with Gasteiger partial charge in [0.1, 0.15) is 6.04 Å². The van der Waals surface area contributed by atoms with Gasteiger partial charge in [0.25, 0.3) is 0 Å². The Hall–Kier alpha value is -2.50. The van der Waals surface area contributed by atoms with Gasteiger partial charge in [-0.1, -0.05) is 44.2 Å². The first kappa shape index (κ1) is 18.8. The molecule has 0 saturated carbocycles. The van der Waals surface area contributed by atoms with Gasteiger partial charge in [0.05, 0.1) is 0 Å². The summed E-state index contributed by atoms with van der Waals surface area (Å²) in [5.41, 5.74) is 0.682. The molecule has 6 nitrogen and oxygen atoms in total. The average Bonchev–Trinajstić information content (AvgIpc) is 3.01. The molecule has 0 fully saturated rings. The van der Waals surface area contributed by atoms with Crippen molar-refractivity contribution >= 4 is 11.7 Å². The Labute approximate surface area is 148 Å². The molecule has 1 N–H and O–H groups in total. The van der Waals surface area contributed by atoms with E-state index in [0.29, 0.717) is 42.5 Å². The monoisotopic (exact) mass is 343 g/mol. The van der Waals surface area contributed by atoms with Crippen molar-refractivity contribution in [3.63, 3.8) is 0 Å². The van der Waals surface area contributed by atoms with Crippen LogP contribution in [0, 0.1) is 12.8 Å². The van der Waals surface area contributed by atoms with E-state index in [0.717, 1.165) is 6.42 Å². The molecular formula is C19H25N3O3. The van der Waals surface area contributed by atoms with Gasteiger partial charge < -0.3 is 9.73 Å². The molecule has 1 aromatic heterocycles. The van der Waals surface area contributed by atoms with Crippen LogP contribution in [-0.2, 0) is 4.79 Å². The van der Waals surface area contributed by atoms with Gasteiger partial charge >= 0.3 is 0 Å². The summed E-state index contributed by atoms with van der Waals surface area (Å²) in [5.74, 6) is 1.23. The zero-order valence-electron chi connectivity index (χ0n) is 15.0. The molecule has 1 atom stereocenters. The number of amides is 1. The van der Waals surface area contributed by atoms with Crippen molar-refractivity contribution in [2.24, 2.45) is 5.92 Å². The highest BCUT2D eigenvalue weighted by molar-refractivity contribution is 5.96. The van der Waals surface area contributed by atoms with E-state index in [2.05, 4.69) is 29.4 Å². The average molecular weight is 343 g/mol. The third-order valence-electron chi connectivity index (χ3n) is 3.79. The van der Waals surface area contributed by atoms with Crippen molar-refractivity contribution in [1.29, 1.82) is 0 Å². The van der Waals surface area contributed by atoms with Crippen LogP contribution < -0.4 is 5.32 Å². The molecule has 0 aliphatic heterocycles. The molecule has 0 saturated heterocycles. The topological polar surface area (TPSA) is 85.1 Å². The Morgan fingerprint density at radius 1 is 1.12 bits per heavy atom. The van der Waals surface area contributed by atoms with Gasteiger partial charge in [-0.2, -0.15) is 0 Å². The lowest BCUT2D eigenvalue weighted by Gasteiger charge is -2.17. The van der Waals surface area contributed by atoms with E-state index in [1.807, 2.05) is 18.2 Å². The predicted molar refractivity (Wildman–Crippen MR) is 94.0 cm³/mol. The number of hydrogen-bond acceptors (Lipinski definition) is 5. The number of rotatable bonds is 9. The van der Waals surface area contributed by atoms with E-state index >= 15 is 0 Å². The standard InChI is InChI=1S/C19H25N3O3/c1-13(2)12-16(19-22-21-14(3)25-19)20-18(24)11-7-10-17(23)15-8-5-4-6-9-15/h4-6,8-9,13,16H,7,10-12H2,1-3H3,(H,20,24). The molecule has 2 rings (SSSR count). The maximum Gasteiger partial charge on any atom is 0.238 e. The second-order valence-electron chi connectivity index (χ2n) is 6.55. The molecule has 1 heterocycles. The maximum atomic E-state index is 12.2. The van der Waals surface area contributed by atoms with Gasteiger partial charge in [-0.05, 0) is 18.8 Å². The van der Waals surface area contributed by atoms with Crippen LogP contribution in [0.2, 0.25) is 0 Å². The number of carbonyl (C=O) groups excluding carboxylic acids is 2. The molecule has 2 aromatic rings. The summed E-state index contributed by atoms with van der Waals surface area (Å²) >= 11 is 0. The first-order valence-electron chi connectivity index (χ1n) is 8.63. The number of nitrogens with one attached hydrogen (secondary N) is 1. The van der Waals surface area contributed by atoms with Crippen molar-refractivity contribution in [2.75, 3.05) is 0 Å². The number of aryl methyl sites for hydroxylation is 1. The van der Waals surface area contributed by atoms with E-state index < -0.39 is 0 Å². The SMILES string of the molecule is Cc1nnc(C(CC(C)C)NC(=O)CCCC(=O)c2ccccc2)o1. The van der Waals surface area contributed by atoms with Gasteiger partial charge in [0.2, 0.25) is 17.7 Å². The molecule has 1 aromatic carbocycles. The fourth-order valence-electron chi connectivity index (χ4n) is 2.59. The van der Waals surface area contributed by atoms with Crippen molar-refractivity contribution in [3.05, 3.63) is 47.7 Å². The quantitative estimate of drug-likeness (QED) is 0.703. The summed E-state index contributed by atoms with van der Waals surface area (Å²) < 4.78 is 5.46. The lowest BCUT2D eigenvalue weighted by Crippen LogP contribution is -2.29. The smallest absolute Gasteiger partial charge is 0.238 e. The molecule has 0 radical (unpaired) electrons. The van der Waals surface area contributed by atoms with E-state index in [1.165, 1.54) is 0 Å². The van der Waals surface area contributed by atoms with Crippen LogP contribution in [0.4, 0.5) is 0 Å².